The Bertz CT molecular complexity index is 1460. The first-order valence-corrected chi connectivity index (χ1v) is 19.6. The van der Waals surface area contributed by atoms with Gasteiger partial charge in [0.1, 0.15) is 23.7 Å². The summed E-state index contributed by atoms with van der Waals surface area (Å²) in [4.78, 5) is 73.8. The van der Waals surface area contributed by atoms with Gasteiger partial charge in [-0.1, -0.05) is 66.4 Å². The highest BCUT2D eigenvalue weighted by atomic mass is 16.4. The van der Waals surface area contributed by atoms with Crippen LogP contribution in [0.2, 0.25) is 0 Å². The number of likely N-dealkylation sites (tertiary alicyclic amines) is 2. The van der Waals surface area contributed by atoms with E-state index < -0.39 is 46.4 Å². The fourth-order valence-corrected chi connectivity index (χ4v) is 11.3. The molecule has 6 fully saturated rings. The van der Waals surface area contributed by atoms with E-state index in [2.05, 4.69) is 41.3 Å². The van der Waals surface area contributed by atoms with Crippen molar-refractivity contribution in [2.24, 2.45) is 38.9 Å². The molecule has 2 saturated heterocycles. The minimum atomic E-state index is -1.41. The lowest BCUT2D eigenvalue weighted by atomic mass is 9.73. The zero-order valence-corrected chi connectivity index (χ0v) is 32.2. The molecule has 0 aromatic heterocycles. The van der Waals surface area contributed by atoms with Gasteiger partial charge in [0.05, 0.1) is 5.41 Å². The summed E-state index contributed by atoms with van der Waals surface area (Å²) in [6, 6.07) is -2.60. The van der Waals surface area contributed by atoms with Crippen molar-refractivity contribution in [3.8, 4) is 0 Å². The second-order valence-corrected chi connectivity index (χ2v) is 19.2. The number of carbonyl (C=O) groups is 5. The minimum absolute atomic E-state index is 0.0359. The number of fused-ring (bicyclic) bond motifs is 1. The number of nitrogens with one attached hydrogen (secondary N) is 3. The van der Waals surface area contributed by atoms with E-state index in [0.717, 1.165) is 70.8 Å². The second kappa shape index (κ2) is 12.9. The summed E-state index contributed by atoms with van der Waals surface area (Å²) in [6.45, 7) is 17.9. The summed E-state index contributed by atoms with van der Waals surface area (Å²) in [6.07, 6.45) is 11.9. The number of carboxylic acid groups (broad SMARTS) is 1. The number of aliphatic carboxylic acids is 1. The SMILES string of the molecule is C=C[C@@H]1C[C@]1(NC(=O)[C@@H]1C[C@@]2(CN1C(=O)[C@@H](NC(=O)[C@@H](NC(=O)[C@@]1(C)CCCN(C)C1)C1CCCCC1)C(C)(C)C)C(C)(C)C21CCC1)C(=O)O. The Morgan fingerprint density at radius 3 is 2.06 bits per heavy atom. The molecule has 2 heterocycles. The fourth-order valence-electron chi connectivity index (χ4n) is 11.3. The van der Waals surface area contributed by atoms with Crippen molar-refractivity contribution in [3.63, 3.8) is 0 Å². The molecule has 11 heteroatoms. The molecule has 51 heavy (non-hydrogen) atoms. The normalized spacial score (nSPS) is 35.3. The predicted octanol–water partition coefficient (Wildman–Crippen LogP) is 4.26. The minimum Gasteiger partial charge on any atom is -0.479 e. The van der Waals surface area contributed by atoms with Crippen molar-refractivity contribution in [2.45, 2.75) is 142 Å². The molecule has 0 unspecified atom stereocenters. The van der Waals surface area contributed by atoms with Gasteiger partial charge < -0.3 is 30.9 Å². The lowest BCUT2D eigenvalue weighted by Crippen LogP contribution is -2.63. The zero-order chi connectivity index (χ0) is 37.4. The van der Waals surface area contributed by atoms with E-state index in [1.165, 1.54) is 0 Å². The Kier molecular flexibility index (Phi) is 9.54. The molecule has 0 aromatic rings. The first-order chi connectivity index (χ1) is 23.8. The van der Waals surface area contributed by atoms with Crippen molar-refractivity contribution in [2.75, 3.05) is 26.7 Å². The summed E-state index contributed by atoms with van der Waals surface area (Å²) in [5.74, 6) is -2.78. The van der Waals surface area contributed by atoms with Gasteiger partial charge in [0.15, 0.2) is 0 Å². The maximum atomic E-state index is 15.0. The van der Waals surface area contributed by atoms with Crippen LogP contribution in [0.1, 0.15) is 119 Å². The standard InChI is InChI=1S/C40H63N5O6/c1-9-26-21-40(26,34(50)51)43-30(46)27-22-39(36(5,6)38(39)18-13-19-38)24-45(27)32(48)29(35(2,3)4)42-31(47)28(25-15-11-10-12-16-25)41-33(49)37(7)17-14-20-44(8)23-37/h9,25-29H,1,10-24H2,2-8H3,(H,41,49)(H,42,47)(H,43,46)(H,50,51)/t26-,27+,28+,29-,37+,39-,40-/m1/s1. The molecule has 0 radical (unpaired) electrons. The van der Waals surface area contributed by atoms with Crippen molar-refractivity contribution in [3.05, 3.63) is 12.7 Å². The maximum absolute atomic E-state index is 15.0. The fraction of sp³-hybridized carbons (Fsp3) is 0.825. The molecule has 0 bridgehead atoms. The number of carbonyl (C=O) groups excluding carboxylic acids is 4. The molecule has 7 atom stereocenters. The smallest absolute Gasteiger partial charge is 0.330 e. The third-order valence-electron chi connectivity index (χ3n) is 14.9. The monoisotopic (exact) mass is 709 g/mol. The molecule has 4 amide bonds. The first kappa shape index (κ1) is 37.8. The average molecular weight is 710 g/mol. The second-order valence-electron chi connectivity index (χ2n) is 19.2. The molecule has 4 saturated carbocycles. The van der Waals surface area contributed by atoms with Crippen molar-refractivity contribution >= 4 is 29.6 Å². The Balaban J connectivity index is 1.28. The van der Waals surface area contributed by atoms with Gasteiger partial charge in [0.2, 0.25) is 23.6 Å². The molecule has 2 aliphatic heterocycles. The summed E-state index contributed by atoms with van der Waals surface area (Å²) < 4.78 is 0. The predicted molar refractivity (Wildman–Crippen MR) is 194 cm³/mol. The summed E-state index contributed by atoms with van der Waals surface area (Å²) in [5.41, 5.74) is -3.05. The van der Waals surface area contributed by atoms with E-state index in [0.29, 0.717) is 19.5 Å². The Labute approximate surface area is 304 Å². The van der Waals surface area contributed by atoms with Crippen LogP contribution in [0.25, 0.3) is 0 Å². The topological polar surface area (TPSA) is 148 Å². The van der Waals surface area contributed by atoms with Gasteiger partial charge in [-0.25, -0.2) is 4.79 Å². The van der Waals surface area contributed by atoms with Crippen LogP contribution >= 0.6 is 0 Å². The zero-order valence-electron chi connectivity index (χ0n) is 32.2. The van der Waals surface area contributed by atoms with E-state index in [-0.39, 0.29) is 52.2 Å². The van der Waals surface area contributed by atoms with Crippen molar-refractivity contribution in [1.29, 1.82) is 0 Å². The molecule has 2 spiro atoms. The first-order valence-electron chi connectivity index (χ1n) is 19.6. The molecule has 6 rings (SSSR count). The van der Waals surface area contributed by atoms with Crippen LogP contribution in [0.15, 0.2) is 12.7 Å². The largest absolute Gasteiger partial charge is 0.479 e. The van der Waals surface area contributed by atoms with Crippen LogP contribution in [0, 0.1) is 38.9 Å². The van der Waals surface area contributed by atoms with Crippen LogP contribution in [0.4, 0.5) is 0 Å². The van der Waals surface area contributed by atoms with Gasteiger partial charge in [-0.3, -0.25) is 19.2 Å². The van der Waals surface area contributed by atoms with E-state index in [1.54, 1.807) is 11.0 Å². The highest BCUT2D eigenvalue weighted by molar-refractivity contribution is 5.98. The number of piperidine rings is 1. The molecular formula is C40H63N5O6. The van der Waals surface area contributed by atoms with Crippen molar-refractivity contribution in [1.82, 2.24) is 25.8 Å². The van der Waals surface area contributed by atoms with Crippen LogP contribution in [0.5, 0.6) is 0 Å². The molecule has 6 aliphatic rings. The van der Waals surface area contributed by atoms with Gasteiger partial charge >= 0.3 is 5.97 Å². The van der Waals surface area contributed by atoms with Crippen molar-refractivity contribution < 1.29 is 29.1 Å². The number of nitrogens with zero attached hydrogens (tertiary/aromatic N) is 2. The average Bonchev–Trinajstić information content (AvgIpc) is 3.77. The number of carboxylic acids is 1. The number of rotatable bonds is 10. The molecule has 11 nitrogen and oxygen atoms in total. The highest BCUT2D eigenvalue weighted by Gasteiger charge is 2.85. The summed E-state index contributed by atoms with van der Waals surface area (Å²) in [5, 5.41) is 19.3. The van der Waals surface area contributed by atoms with Gasteiger partial charge in [-0.2, -0.15) is 0 Å². The van der Waals surface area contributed by atoms with Gasteiger partial charge in [-0.15, -0.1) is 6.58 Å². The molecule has 4 N–H and O–H groups in total. The number of hydrogen-bond donors (Lipinski definition) is 4. The van der Waals surface area contributed by atoms with Gasteiger partial charge in [0.25, 0.3) is 0 Å². The van der Waals surface area contributed by atoms with E-state index in [1.807, 2.05) is 34.7 Å². The Morgan fingerprint density at radius 2 is 1.55 bits per heavy atom. The summed E-state index contributed by atoms with van der Waals surface area (Å²) >= 11 is 0. The molecular weight excluding hydrogens is 646 g/mol. The van der Waals surface area contributed by atoms with E-state index in [4.69, 9.17) is 0 Å². The highest BCUT2D eigenvalue weighted by Crippen LogP contribution is 2.88. The number of hydrogen-bond acceptors (Lipinski definition) is 6. The third kappa shape index (κ3) is 6.01. The third-order valence-corrected chi connectivity index (χ3v) is 14.9. The quantitative estimate of drug-likeness (QED) is 0.248. The van der Waals surface area contributed by atoms with Crippen LogP contribution in [-0.4, -0.2) is 94.9 Å². The van der Waals surface area contributed by atoms with Crippen LogP contribution < -0.4 is 16.0 Å². The van der Waals surface area contributed by atoms with Gasteiger partial charge in [0, 0.05) is 24.4 Å². The summed E-state index contributed by atoms with van der Waals surface area (Å²) in [7, 11) is 2.02. The lowest BCUT2D eigenvalue weighted by Gasteiger charge is -2.40. The maximum Gasteiger partial charge on any atom is 0.330 e. The molecule has 4 aliphatic carbocycles. The Morgan fingerprint density at radius 1 is 0.882 bits per heavy atom. The Hall–Kier alpha value is -2.95. The van der Waals surface area contributed by atoms with Crippen LogP contribution in [0.3, 0.4) is 0 Å². The lowest BCUT2D eigenvalue weighted by molar-refractivity contribution is -0.147. The number of amides is 4. The van der Waals surface area contributed by atoms with Crippen LogP contribution in [-0.2, 0) is 24.0 Å². The van der Waals surface area contributed by atoms with E-state index >= 15 is 0 Å². The molecule has 284 valence electrons. The van der Waals surface area contributed by atoms with E-state index in [9.17, 15) is 29.1 Å². The van der Waals surface area contributed by atoms with Gasteiger partial charge in [-0.05, 0) is 94.0 Å². The molecule has 0 aromatic carbocycles.